The summed E-state index contributed by atoms with van der Waals surface area (Å²) in [4.78, 5) is 0. The highest BCUT2D eigenvalue weighted by Crippen LogP contribution is 2.15. The van der Waals surface area contributed by atoms with Crippen molar-refractivity contribution < 1.29 is 0 Å². The molecule has 0 amide bonds. The number of rotatable bonds is 4. The largest absolute Gasteiger partial charge is 0.377 e. The molecule has 0 aliphatic rings. The van der Waals surface area contributed by atoms with E-state index in [0.29, 0.717) is 0 Å². The lowest BCUT2D eigenvalue weighted by Gasteiger charge is -2.07. The molecule has 100 valence electrons. The van der Waals surface area contributed by atoms with Crippen LogP contribution in [0.1, 0.15) is 23.9 Å². The van der Waals surface area contributed by atoms with E-state index < -0.39 is 0 Å². The minimum Gasteiger partial charge on any atom is -0.377 e. The van der Waals surface area contributed by atoms with Crippen molar-refractivity contribution in [3.8, 4) is 0 Å². The number of hydrogen-bond donors (Lipinski definition) is 1. The molecule has 0 radical (unpaired) electrons. The van der Waals surface area contributed by atoms with Crippen LogP contribution >= 0.6 is 12.4 Å². The lowest BCUT2D eigenvalue weighted by atomic mass is 10.2. The van der Waals surface area contributed by atoms with E-state index in [4.69, 9.17) is 0 Å². The number of aromatic nitrogens is 4. The summed E-state index contributed by atoms with van der Waals surface area (Å²) < 4.78 is 3.89. The average Bonchev–Trinajstić information content (AvgIpc) is 2.82. The third-order valence-electron chi connectivity index (χ3n) is 3.12. The molecule has 18 heavy (non-hydrogen) atoms. The van der Waals surface area contributed by atoms with Crippen LogP contribution in [0.15, 0.2) is 12.4 Å². The van der Waals surface area contributed by atoms with Gasteiger partial charge in [-0.2, -0.15) is 10.2 Å². The third-order valence-corrected chi connectivity index (χ3v) is 3.12. The standard InChI is InChI=1S/C12H19N5.ClH/c1-5-17-10(3)11(7-15-17)13-8-12-9(2)6-14-16(12)4;/h6-7,13H,5,8H2,1-4H3;1H. The number of nitrogens with one attached hydrogen (secondary N) is 1. The molecule has 0 saturated heterocycles. The molecule has 0 saturated carbocycles. The molecule has 2 heterocycles. The van der Waals surface area contributed by atoms with Crippen molar-refractivity contribution in [1.82, 2.24) is 19.6 Å². The molecule has 0 unspecified atom stereocenters. The molecule has 0 spiro atoms. The van der Waals surface area contributed by atoms with Crippen LogP contribution in [0.4, 0.5) is 5.69 Å². The van der Waals surface area contributed by atoms with Gasteiger partial charge in [-0.1, -0.05) is 0 Å². The molecule has 0 aliphatic carbocycles. The molecule has 2 aromatic rings. The van der Waals surface area contributed by atoms with Gasteiger partial charge in [-0.05, 0) is 26.3 Å². The van der Waals surface area contributed by atoms with E-state index in [1.807, 2.05) is 28.8 Å². The Labute approximate surface area is 114 Å². The Kier molecular flexibility index (Phi) is 4.78. The number of nitrogens with zero attached hydrogens (tertiary/aromatic N) is 4. The van der Waals surface area contributed by atoms with E-state index in [0.717, 1.165) is 18.8 Å². The van der Waals surface area contributed by atoms with Crippen molar-refractivity contribution in [3.63, 3.8) is 0 Å². The first kappa shape index (κ1) is 14.6. The second-order valence-electron chi connectivity index (χ2n) is 4.21. The molecule has 5 nitrogen and oxygen atoms in total. The Hall–Kier alpha value is -1.49. The van der Waals surface area contributed by atoms with Crippen LogP contribution in [0.2, 0.25) is 0 Å². The molecule has 6 heteroatoms. The molecule has 0 aliphatic heterocycles. The van der Waals surface area contributed by atoms with Gasteiger partial charge in [0.05, 0.1) is 36.0 Å². The maximum Gasteiger partial charge on any atom is 0.0759 e. The topological polar surface area (TPSA) is 47.7 Å². The van der Waals surface area contributed by atoms with Crippen molar-refractivity contribution >= 4 is 18.1 Å². The highest BCUT2D eigenvalue weighted by Gasteiger charge is 2.07. The normalized spacial score (nSPS) is 10.2. The highest BCUT2D eigenvalue weighted by atomic mass is 35.5. The van der Waals surface area contributed by atoms with Crippen LogP contribution in [0, 0.1) is 13.8 Å². The average molecular weight is 270 g/mol. The molecule has 2 rings (SSSR count). The summed E-state index contributed by atoms with van der Waals surface area (Å²) in [6.07, 6.45) is 3.77. The fraction of sp³-hybridized carbons (Fsp3) is 0.500. The van der Waals surface area contributed by atoms with E-state index in [1.165, 1.54) is 17.0 Å². The lowest BCUT2D eigenvalue weighted by Crippen LogP contribution is -2.07. The van der Waals surface area contributed by atoms with Crippen LogP contribution in [-0.2, 0) is 20.1 Å². The first-order chi connectivity index (χ1) is 8.13. The second kappa shape index (κ2) is 5.91. The van der Waals surface area contributed by atoms with Gasteiger partial charge in [0, 0.05) is 13.6 Å². The fourth-order valence-corrected chi connectivity index (χ4v) is 1.94. The molecule has 0 atom stereocenters. The van der Waals surface area contributed by atoms with Gasteiger partial charge >= 0.3 is 0 Å². The Balaban J connectivity index is 0.00000162. The monoisotopic (exact) mass is 269 g/mol. The van der Waals surface area contributed by atoms with E-state index >= 15 is 0 Å². The predicted octanol–water partition coefficient (Wildman–Crippen LogP) is 2.29. The van der Waals surface area contributed by atoms with E-state index in [-0.39, 0.29) is 12.4 Å². The zero-order valence-electron chi connectivity index (χ0n) is 11.3. The Morgan fingerprint density at radius 1 is 1.22 bits per heavy atom. The summed E-state index contributed by atoms with van der Waals surface area (Å²) in [5.74, 6) is 0. The zero-order valence-corrected chi connectivity index (χ0v) is 12.1. The summed E-state index contributed by atoms with van der Waals surface area (Å²) >= 11 is 0. The van der Waals surface area contributed by atoms with Gasteiger partial charge in [0.1, 0.15) is 0 Å². The lowest BCUT2D eigenvalue weighted by molar-refractivity contribution is 0.640. The summed E-state index contributed by atoms with van der Waals surface area (Å²) in [5, 5.41) is 11.9. The van der Waals surface area contributed by atoms with Gasteiger partial charge in [0.15, 0.2) is 0 Å². The SMILES string of the molecule is CCn1ncc(NCc2c(C)cnn2C)c1C.Cl. The summed E-state index contributed by atoms with van der Waals surface area (Å²) in [5.41, 5.74) is 4.67. The Morgan fingerprint density at radius 2 is 1.94 bits per heavy atom. The first-order valence-corrected chi connectivity index (χ1v) is 5.87. The highest BCUT2D eigenvalue weighted by molar-refractivity contribution is 5.85. The predicted molar refractivity (Wildman–Crippen MR) is 75.2 cm³/mol. The van der Waals surface area contributed by atoms with Crippen molar-refractivity contribution in [2.24, 2.45) is 7.05 Å². The van der Waals surface area contributed by atoms with Crippen molar-refractivity contribution in [1.29, 1.82) is 0 Å². The Bertz CT molecular complexity index is 495. The maximum absolute atomic E-state index is 4.31. The molecule has 2 aromatic heterocycles. The number of halogens is 1. The third kappa shape index (κ3) is 2.67. The van der Waals surface area contributed by atoms with Crippen LogP contribution in [0.5, 0.6) is 0 Å². The van der Waals surface area contributed by atoms with E-state index in [1.54, 1.807) is 0 Å². The Morgan fingerprint density at radius 3 is 2.44 bits per heavy atom. The summed E-state index contributed by atoms with van der Waals surface area (Å²) in [7, 11) is 1.96. The van der Waals surface area contributed by atoms with Crippen LogP contribution < -0.4 is 5.32 Å². The van der Waals surface area contributed by atoms with Gasteiger partial charge in [0.25, 0.3) is 0 Å². The fourth-order valence-electron chi connectivity index (χ4n) is 1.94. The minimum absolute atomic E-state index is 0. The first-order valence-electron chi connectivity index (χ1n) is 5.87. The summed E-state index contributed by atoms with van der Waals surface area (Å²) in [6.45, 7) is 7.92. The molecule has 0 bridgehead atoms. The number of aryl methyl sites for hydroxylation is 3. The van der Waals surface area contributed by atoms with Crippen LogP contribution in [-0.4, -0.2) is 19.6 Å². The van der Waals surface area contributed by atoms with Gasteiger partial charge < -0.3 is 5.32 Å². The zero-order chi connectivity index (χ0) is 12.4. The van der Waals surface area contributed by atoms with Gasteiger partial charge in [0.2, 0.25) is 0 Å². The molecular formula is C12H20ClN5. The second-order valence-corrected chi connectivity index (χ2v) is 4.21. The van der Waals surface area contributed by atoms with Crippen LogP contribution in [0.25, 0.3) is 0 Å². The molecular weight excluding hydrogens is 250 g/mol. The minimum atomic E-state index is 0. The molecule has 0 fully saturated rings. The van der Waals surface area contributed by atoms with Crippen LogP contribution in [0.3, 0.4) is 0 Å². The number of anilines is 1. The summed E-state index contributed by atoms with van der Waals surface area (Å²) in [6, 6.07) is 0. The van der Waals surface area contributed by atoms with Gasteiger partial charge in [-0.3, -0.25) is 9.36 Å². The quantitative estimate of drug-likeness (QED) is 0.926. The van der Waals surface area contributed by atoms with Crippen molar-refractivity contribution in [2.45, 2.75) is 33.9 Å². The number of hydrogen-bond acceptors (Lipinski definition) is 3. The maximum atomic E-state index is 4.31. The van der Waals surface area contributed by atoms with Gasteiger partial charge in [-0.15, -0.1) is 12.4 Å². The van der Waals surface area contributed by atoms with Crippen molar-refractivity contribution in [3.05, 3.63) is 29.3 Å². The molecule has 1 N–H and O–H groups in total. The van der Waals surface area contributed by atoms with Gasteiger partial charge in [-0.25, -0.2) is 0 Å². The van der Waals surface area contributed by atoms with Crippen molar-refractivity contribution in [2.75, 3.05) is 5.32 Å². The van der Waals surface area contributed by atoms with E-state index in [2.05, 4.69) is 36.3 Å². The van der Waals surface area contributed by atoms with E-state index in [9.17, 15) is 0 Å². The molecule has 0 aromatic carbocycles. The smallest absolute Gasteiger partial charge is 0.0759 e.